The van der Waals surface area contributed by atoms with E-state index >= 15 is 0 Å². The van der Waals surface area contributed by atoms with Crippen LogP contribution in [0.15, 0.2) is 0 Å². The summed E-state index contributed by atoms with van der Waals surface area (Å²) in [5, 5.41) is 0. The van der Waals surface area contributed by atoms with Gasteiger partial charge < -0.3 is 9.47 Å². The maximum absolute atomic E-state index is 12.0. The zero-order valence-corrected chi connectivity index (χ0v) is 13.3. The molecule has 0 aromatic heterocycles. The van der Waals surface area contributed by atoms with E-state index in [1.165, 1.54) is 6.92 Å². The summed E-state index contributed by atoms with van der Waals surface area (Å²) in [4.78, 5) is 35.6. The van der Waals surface area contributed by atoms with Gasteiger partial charge in [0.05, 0.1) is 12.5 Å². The zero-order valence-electron chi connectivity index (χ0n) is 13.3. The SMILES string of the molecule is C[C@H]1OC(=O)[C@@H]2C[C@H]2C(=O)CCCCCCCCCOC1=O. The van der Waals surface area contributed by atoms with Crippen molar-refractivity contribution in [1.29, 1.82) is 0 Å². The van der Waals surface area contributed by atoms with Crippen molar-refractivity contribution in [3.8, 4) is 0 Å². The molecular formula is C17H26O5. The molecule has 2 fully saturated rings. The van der Waals surface area contributed by atoms with Gasteiger partial charge in [-0.1, -0.05) is 32.1 Å². The van der Waals surface area contributed by atoms with Gasteiger partial charge in [0, 0.05) is 12.3 Å². The van der Waals surface area contributed by atoms with Gasteiger partial charge >= 0.3 is 11.9 Å². The maximum Gasteiger partial charge on any atom is 0.347 e. The van der Waals surface area contributed by atoms with E-state index in [0.29, 0.717) is 19.4 Å². The van der Waals surface area contributed by atoms with Gasteiger partial charge in [-0.2, -0.15) is 0 Å². The summed E-state index contributed by atoms with van der Waals surface area (Å²) >= 11 is 0. The number of Topliss-reactive ketones (excluding diaryl/α,β-unsaturated/α-hetero) is 1. The van der Waals surface area contributed by atoms with Gasteiger partial charge in [-0.15, -0.1) is 0 Å². The number of ether oxygens (including phenoxy) is 2. The first kappa shape index (κ1) is 17.0. The van der Waals surface area contributed by atoms with Crippen molar-refractivity contribution in [3.05, 3.63) is 0 Å². The first-order chi connectivity index (χ1) is 10.6. The molecule has 1 aliphatic carbocycles. The zero-order chi connectivity index (χ0) is 15.9. The Morgan fingerprint density at radius 2 is 1.45 bits per heavy atom. The number of esters is 2. The summed E-state index contributed by atoms with van der Waals surface area (Å²) in [5.74, 6) is -1.31. The Morgan fingerprint density at radius 3 is 2.18 bits per heavy atom. The summed E-state index contributed by atoms with van der Waals surface area (Å²) in [6.07, 6.45) is 7.52. The summed E-state index contributed by atoms with van der Waals surface area (Å²) in [6.45, 7) is 1.90. The lowest BCUT2D eigenvalue weighted by Gasteiger charge is -2.12. The quantitative estimate of drug-likeness (QED) is 0.643. The largest absolute Gasteiger partial charge is 0.463 e. The molecule has 0 aromatic carbocycles. The fourth-order valence-corrected chi connectivity index (χ4v) is 2.88. The molecule has 124 valence electrons. The third kappa shape index (κ3) is 5.11. The molecule has 0 radical (unpaired) electrons. The van der Waals surface area contributed by atoms with Crippen LogP contribution in [-0.4, -0.2) is 30.4 Å². The molecular weight excluding hydrogens is 284 g/mol. The first-order valence-corrected chi connectivity index (χ1v) is 8.49. The number of hydrogen-bond acceptors (Lipinski definition) is 5. The van der Waals surface area contributed by atoms with Crippen molar-refractivity contribution in [1.82, 2.24) is 0 Å². The Balaban J connectivity index is 1.86. The average Bonchev–Trinajstić information content (AvgIpc) is 3.28. The van der Waals surface area contributed by atoms with Crippen molar-refractivity contribution in [2.24, 2.45) is 11.8 Å². The van der Waals surface area contributed by atoms with Crippen molar-refractivity contribution in [2.75, 3.05) is 6.61 Å². The van der Waals surface area contributed by atoms with Crippen LogP contribution < -0.4 is 0 Å². The van der Waals surface area contributed by atoms with Crippen LogP contribution in [0.5, 0.6) is 0 Å². The number of fused-ring (bicyclic) bond motifs is 1. The lowest BCUT2D eigenvalue weighted by molar-refractivity contribution is -0.167. The van der Waals surface area contributed by atoms with Crippen LogP contribution in [0.3, 0.4) is 0 Å². The predicted molar refractivity (Wildman–Crippen MR) is 80.1 cm³/mol. The van der Waals surface area contributed by atoms with E-state index in [0.717, 1.165) is 44.9 Å². The van der Waals surface area contributed by atoms with Gasteiger partial charge in [0.25, 0.3) is 0 Å². The molecule has 0 spiro atoms. The van der Waals surface area contributed by atoms with Crippen LogP contribution in [0.4, 0.5) is 0 Å². The average molecular weight is 310 g/mol. The third-order valence-electron chi connectivity index (χ3n) is 4.44. The first-order valence-electron chi connectivity index (χ1n) is 8.49. The Kier molecular flexibility index (Phi) is 6.40. The Bertz CT molecular complexity index is 415. The highest BCUT2D eigenvalue weighted by molar-refractivity contribution is 5.92. The van der Waals surface area contributed by atoms with Crippen molar-refractivity contribution < 1.29 is 23.9 Å². The molecule has 1 saturated carbocycles. The number of cyclic esters (lactones) is 2. The molecule has 3 atom stereocenters. The third-order valence-corrected chi connectivity index (χ3v) is 4.44. The highest BCUT2D eigenvalue weighted by atomic mass is 16.6. The second-order valence-electron chi connectivity index (χ2n) is 6.39. The molecule has 5 nitrogen and oxygen atoms in total. The number of carbonyl (C=O) groups excluding carboxylic acids is 3. The van der Waals surface area contributed by atoms with Crippen LogP contribution in [0.25, 0.3) is 0 Å². The van der Waals surface area contributed by atoms with Crippen LogP contribution >= 0.6 is 0 Å². The summed E-state index contributed by atoms with van der Waals surface area (Å²) in [6, 6.07) is 0. The van der Waals surface area contributed by atoms with E-state index in [4.69, 9.17) is 9.47 Å². The molecule has 0 unspecified atom stereocenters. The minimum atomic E-state index is -0.889. The molecule has 1 saturated heterocycles. The maximum atomic E-state index is 12.0. The molecule has 1 heterocycles. The molecule has 2 aliphatic rings. The van der Waals surface area contributed by atoms with Gasteiger partial charge in [-0.05, 0) is 26.2 Å². The number of rotatable bonds is 0. The van der Waals surface area contributed by atoms with Crippen LogP contribution in [0.2, 0.25) is 0 Å². The standard InChI is InChI=1S/C17H26O5/c1-12-16(19)21-10-8-6-4-2-3-5-7-9-15(18)13-11-14(13)17(20)22-12/h12-14H,2-11H2,1H3/t12-,13-,14-/m1/s1. The lowest BCUT2D eigenvalue weighted by Crippen LogP contribution is -2.27. The second-order valence-corrected chi connectivity index (χ2v) is 6.39. The van der Waals surface area contributed by atoms with Crippen molar-refractivity contribution >= 4 is 17.7 Å². The van der Waals surface area contributed by atoms with Gasteiger partial charge in [-0.25, -0.2) is 4.79 Å². The van der Waals surface area contributed by atoms with E-state index in [9.17, 15) is 14.4 Å². The highest BCUT2D eigenvalue weighted by Gasteiger charge is 2.49. The summed E-state index contributed by atoms with van der Waals surface area (Å²) in [5.41, 5.74) is 0. The van der Waals surface area contributed by atoms with Gasteiger partial charge in [0.15, 0.2) is 6.10 Å². The fourth-order valence-electron chi connectivity index (χ4n) is 2.88. The van der Waals surface area contributed by atoms with Crippen LogP contribution in [0, 0.1) is 11.8 Å². The topological polar surface area (TPSA) is 69.7 Å². The number of hydrogen-bond donors (Lipinski definition) is 0. The van der Waals surface area contributed by atoms with Gasteiger partial charge in [0.2, 0.25) is 0 Å². The number of carbonyl (C=O) groups is 3. The van der Waals surface area contributed by atoms with E-state index in [1.54, 1.807) is 0 Å². The molecule has 1 aliphatic heterocycles. The van der Waals surface area contributed by atoms with Crippen LogP contribution in [-0.2, 0) is 23.9 Å². The monoisotopic (exact) mass is 310 g/mol. The summed E-state index contributed by atoms with van der Waals surface area (Å²) in [7, 11) is 0. The second kappa shape index (κ2) is 8.30. The van der Waals surface area contributed by atoms with Gasteiger partial charge in [0.1, 0.15) is 5.78 Å². The smallest absolute Gasteiger partial charge is 0.347 e. The fraction of sp³-hybridized carbons (Fsp3) is 0.824. The summed E-state index contributed by atoms with van der Waals surface area (Å²) < 4.78 is 10.2. The Labute approximate surface area is 131 Å². The molecule has 0 N–H and O–H groups in total. The predicted octanol–water partition coefficient (Wildman–Crippen LogP) is 2.80. The van der Waals surface area contributed by atoms with E-state index in [2.05, 4.69) is 0 Å². The van der Waals surface area contributed by atoms with Crippen molar-refractivity contribution in [3.63, 3.8) is 0 Å². The Hall–Kier alpha value is -1.39. The molecule has 0 aromatic rings. The van der Waals surface area contributed by atoms with E-state index < -0.39 is 18.0 Å². The minimum absolute atomic E-state index is 0.168. The van der Waals surface area contributed by atoms with E-state index in [1.807, 2.05) is 0 Å². The molecule has 0 bridgehead atoms. The molecule has 22 heavy (non-hydrogen) atoms. The number of ketones is 1. The molecule has 2 rings (SSSR count). The van der Waals surface area contributed by atoms with Crippen molar-refractivity contribution in [2.45, 2.75) is 70.8 Å². The Morgan fingerprint density at radius 1 is 0.818 bits per heavy atom. The molecule has 5 heteroatoms. The van der Waals surface area contributed by atoms with Gasteiger partial charge in [-0.3, -0.25) is 9.59 Å². The normalized spacial score (nSPS) is 32.4. The molecule has 0 amide bonds. The van der Waals surface area contributed by atoms with E-state index in [-0.39, 0.29) is 17.6 Å². The van der Waals surface area contributed by atoms with Crippen LogP contribution in [0.1, 0.15) is 64.7 Å². The highest BCUT2D eigenvalue weighted by Crippen LogP contribution is 2.41. The minimum Gasteiger partial charge on any atom is -0.463 e. The lowest BCUT2D eigenvalue weighted by atomic mass is 10.0.